The highest BCUT2D eigenvalue weighted by molar-refractivity contribution is 5.83. The second-order valence-electron chi connectivity index (χ2n) is 5.33. The largest absolute Gasteiger partial charge is 0.497 e. The fraction of sp³-hybridized carbons (Fsp3) is 0.444. The summed E-state index contributed by atoms with van der Waals surface area (Å²) in [5.41, 5.74) is 2.08. The summed E-state index contributed by atoms with van der Waals surface area (Å²) in [6, 6.07) is 7.78. The normalized spacial score (nSPS) is 15.4. The maximum absolute atomic E-state index is 11.3. The molecule has 0 radical (unpaired) electrons. The van der Waals surface area contributed by atoms with Gasteiger partial charge in [0.15, 0.2) is 0 Å². The molecule has 1 aromatic rings. The van der Waals surface area contributed by atoms with Crippen LogP contribution < -0.4 is 10.1 Å². The highest BCUT2D eigenvalue weighted by atomic mass is 16.5. The minimum Gasteiger partial charge on any atom is -0.497 e. The van der Waals surface area contributed by atoms with Crippen LogP contribution in [-0.2, 0) is 9.59 Å². The van der Waals surface area contributed by atoms with Crippen LogP contribution in [0.5, 0.6) is 5.75 Å². The highest BCUT2D eigenvalue weighted by Crippen LogP contribution is 2.16. The lowest BCUT2D eigenvalue weighted by Crippen LogP contribution is -2.25. The molecule has 23 heavy (non-hydrogen) atoms. The van der Waals surface area contributed by atoms with Gasteiger partial charge in [-0.1, -0.05) is 25.5 Å². The molecule has 2 N–H and O–H groups in total. The van der Waals surface area contributed by atoms with Crippen LogP contribution in [-0.4, -0.2) is 30.5 Å². The molecule has 1 aromatic carbocycles. The van der Waals surface area contributed by atoms with Gasteiger partial charge in [0.1, 0.15) is 11.5 Å². The Balaban J connectivity index is 0.000000322. The Morgan fingerprint density at radius 2 is 2.04 bits per heavy atom. The molecule has 0 amide bonds. The summed E-state index contributed by atoms with van der Waals surface area (Å²) in [6.45, 7) is 2.73. The third-order valence-electron chi connectivity index (χ3n) is 3.34. The Labute approximate surface area is 137 Å². The molecule has 0 atom stereocenters. The molecule has 1 aliphatic heterocycles. The number of aliphatic carboxylic acids is 1. The summed E-state index contributed by atoms with van der Waals surface area (Å²) >= 11 is 0. The van der Waals surface area contributed by atoms with Crippen molar-refractivity contribution in [3.63, 3.8) is 0 Å². The number of piperidine rings is 1. The van der Waals surface area contributed by atoms with Crippen LogP contribution in [0, 0.1) is 0 Å². The Hall–Kier alpha value is -2.30. The number of ether oxygens (including phenoxy) is 1. The minimum atomic E-state index is -0.693. The molecule has 0 bridgehead atoms. The quantitative estimate of drug-likeness (QED) is 0.871. The number of hydrogen-bond donors (Lipinski definition) is 2. The van der Waals surface area contributed by atoms with Crippen LogP contribution in [0.1, 0.15) is 44.6 Å². The molecule has 1 saturated heterocycles. The van der Waals surface area contributed by atoms with Gasteiger partial charge in [0.25, 0.3) is 0 Å². The van der Waals surface area contributed by atoms with E-state index in [0.29, 0.717) is 25.0 Å². The van der Waals surface area contributed by atoms with Crippen LogP contribution in [0.2, 0.25) is 0 Å². The summed E-state index contributed by atoms with van der Waals surface area (Å²) in [5.74, 6) is 0.454. The van der Waals surface area contributed by atoms with Crippen molar-refractivity contribution in [1.82, 2.24) is 5.32 Å². The molecular formula is C18H25NO4. The second-order valence-corrected chi connectivity index (χ2v) is 5.33. The van der Waals surface area contributed by atoms with Crippen molar-refractivity contribution in [2.24, 2.45) is 0 Å². The van der Waals surface area contributed by atoms with E-state index >= 15 is 0 Å². The molecule has 0 aromatic heterocycles. The van der Waals surface area contributed by atoms with Crippen molar-refractivity contribution in [3.8, 4) is 5.75 Å². The van der Waals surface area contributed by atoms with Crippen LogP contribution in [0.25, 0.3) is 6.08 Å². The summed E-state index contributed by atoms with van der Waals surface area (Å²) in [4.78, 5) is 21.0. The van der Waals surface area contributed by atoms with Gasteiger partial charge in [-0.25, -0.2) is 0 Å². The van der Waals surface area contributed by atoms with E-state index in [9.17, 15) is 9.59 Å². The Morgan fingerprint density at radius 1 is 1.35 bits per heavy atom. The van der Waals surface area contributed by atoms with E-state index in [2.05, 4.69) is 5.32 Å². The third kappa shape index (κ3) is 8.04. The number of unbranched alkanes of at least 4 members (excludes halogenated alkanes) is 1. The number of carbonyl (C=O) groups excluding carboxylic acids is 1. The Bertz CT molecular complexity index is 534. The van der Waals surface area contributed by atoms with Crippen LogP contribution in [0.3, 0.4) is 0 Å². The Kier molecular flexibility index (Phi) is 8.50. The average molecular weight is 319 g/mol. The molecule has 1 fully saturated rings. The molecule has 5 nitrogen and oxygen atoms in total. The second kappa shape index (κ2) is 10.4. The number of carbonyl (C=O) groups is 2. The molecule has 0 saturated carbocycles. The van der Waals surface area contributed by atoms with Crippen LogP contribution in [0.15, 0.2) is 30.0 Å². The number of methoxy groups -OCH3 is 1. The van der Waals surface area contributed by atoms with Crippen molar-refractivity contribution in [3.05, 3.63) is 35.5 Å². The lowest BCUT2D eigenvalue weighted by molar-refractivity contribution is -0.137. The number of ketones is 1. The van der Waals surface area contributed by atoms with Gasteiger partial charge in [0, 0.05) is 31.5 Å². The topological polar surface area (TPSA) is 75.6 Å². The van der Waals surface area contributed by atoms with Crippen LogP contribution >= 0.6 is 0 Å². The third-order valence-corrected chi connectivity index (χ3v) is 3.34. The first-order valence-corrected chi connectivity index (χ1v) is 7.87. The minimum absolute atomic E-state index is 0.304. The first kappa shape index (κ1) is 18.7. The zero-order chi connectivity index (χ0) is 17.1. The molecule has 0 unspecified atom stereocenters. The van der Waals surface area contributed by atoms with E-state index in [-0.39, 0.29) is 0 Å². The van der Waals surface area contributed by atoms with Gasteiger partial charge in [0.2, 0.25) is 0 Å². The summed E-state index contributed by atoms with van der Waals surface area (Å²) in [7, 11) is 1.65. The van der Waals surface area contributed by atoms with Crippen molar-refractivity contribution in [1.29, 1.82) is 0 Å². The number of carboxylic acids is 1. The predicted molar refractivity (Wildman–Crippen MR) is 90.4 cm³/mol. The molecule has 0 spiro atoms. The number of allylic oxidation sites excluding steroid dienone is 1. The predicted octanol–water partition coefficient (Wildman–Crippen LogP) is 3.25. The maximum Gasteiger partial charge on any atom is 0.303 e. The summed E-state index contributed by atoms with van der Waals surface area (Å²) in [6.07, 6.45) is 5.25. The SMILES string of the molecule is CCCCC(=O)O.COc1ccc(C=C2CC(=O)CCN2)cc1. The van der Waals surface area contributed by atoms with E-state index in [1.165, 1.54) is 0 Å². The number of Topliss-reactive ketones (excluding diaryl/α,β-unsaturated/α-hetero) is 1. The molecular weight excluding hydrogens is 294 g/mol. The van der Waals surface area contributed by atoms with Gasteiger partial charge in [-0.3, -0.25) is 9.59 Å². The maximum atomic E-state index is 11.3. The highest BCUT2D eigenvalue weighted by Gasteiger charge is 2.11. The molecule has 0 aliphatic carbocycles. The van der Waals surface area contributed by atoms with E-state index in [0.717, 1.165) is 36.4 Å². The number of benzene rings is 1. The summed E-state index contributed by atoms with van der Waals surface area (Å²) in [5, 5.41) is 11.3. The first-order valence-electron chi connectivity index (χ1n) is 7.87. The Morgan fingerprint density at radius 3 is 2.52 bits per heavy atom. The zero-order valence-corrected chi connectivity index (χ0v) is 13.8. The number of nitrogens with one attached hydrogen (secondary N) is 1. The number of rotatable bonds is 5. The van der Waals surface area contributed by atoms with Gasteiger partial charge in [0.05, 0.1) is 7.11 Å². The molecule has 1 aliphatic rings. The van der Waals surface area contributed by atoms with Gasteiger partial charge < -0.3 is 15.2 Å². The van der Waals surface area contributed by atoms with Crippen LogP contribution in [0.4, 0.5) is 0 Å². The first-order chi connectivity index (χ1) is 11.0. The summed E-state index contributed by atoms with van der Waals surface area (Å²) < 4.78 is 5.09. The van der Waals surface area contributed by atoms with Gasteiger partial charge in [-0.2, -0.15) is 0 Å². The molecule has 1 heterocycles. The van der Waals surface area contributed by atoms with Crippen molar-refractivity contribution in [2.75, 3.05) is 13.7 Å². The monoisotopic (exact) mass is 319 g/mol. The van der Waals surface area contributed by atoms with Gasteiger partial charge in [-0.15, -0.1) is 0 Å². The average Bonchev–Trinajstić information content (AvgIpc) is 2.54. The standard InChI is InChI=1S/C13H15NO2.C5H10O2/c1-16-13-4-2-10(3-5-13)8-11-9-12(15)6-7-14-11;1-2-3-4-5(6)7/h2-5,8,14H,6-7,9H2,1H3;2-4H2,1H3,(H,6,7). The molecule has 2 rings (SSSR count). The van der Waals surface area contributed by atoms with Crippen molar-refractivity contribution in [2.45, 2.75) is 39.0 Å². The van der Waals surface area contributed by atoms with Crippen molar-refractivity contribution >= 4 is 17.8 Å². The van der Waals surface area contributed by atoms with Gasteiger partial charge in [-0.05, 0) is 30.2 Å². The van der Waals surface area contributed by atoms with Crippen molar-refractivity contribution < 1.29 is 19.4 Å². The fourth-order valence-electron chi connectivity index (χ4n) is 2.06. The zero-order valence-electron chi connectivity index (χ0n) is 13.8. The smallest absolute Gasteiger partial charge is 0.303 e. The number of carboxylic acid groups (broad SMARTS) is 1. The lowest BCUT2D eigenvalue weighted by Gasteiger charge is -2.15. The number of hydrogen-bond acceptors (Lipinski definition) is 4. The van der Waals surface area contributed by atoms with E-state index in [4.69, 9.17) is 9.84 Å². The fourth-order valence-corrected chi connectivity index (χ4v) is 2.06. The molecule has 5 heteroatoms. The molecule has 126 valence electrons. The van der Waals surface area contributed by atoms with E-state index in [1.807, 2.05) is 37.3 Å². The lowest BCUT2D eigenvalue weighted by atomic mass is 10.1. The van der Waals surface area contributed by atoms with E-state index in [1.54, 1.807) is 7.11 Å². The van der Waals surface area contributed by atoms with Gasteiger partial charge >= 0.3 is 5.97 Å². The van der Waals surface area contributed by atoms with E-state index < -0.39 is 5.97 Å².